The number of carbonyl (C=O) groups excluding carboxylic acids is 1. The van der Waals surface area contributed by atoms with Crippen molar-refractivity contribution in [2.45, 2.75) is 13.5 Å². The Kier molecular flexibility index (Phi) is 4.91. The van der Waals surface area contributed by atoms with Crippen LogP contribution in [0, 0.1) is 12.7 Å². The van der Waals surface area contributed by atoms with E-state index in [0.717, 1.165) is 16.5 Å². The second kappa shape index (κ2) is 7.67. The summed E-state index contributed by atoms with van der Waals surface area (Å²) in [6.07, 6.45) is 0. The minimum atomic E-state index is -0.520. The fraction of sp³-hybridized carbons (Fsp3) is 0.0870. The minimum Gasteiger partial charge on any atom is -0.324 e. The number of amides is 1. The minimum absolute atomic E-state index is 0.225. The standard InChI is InChI=1S/C23H18FN3O2/c1-15-11-12-17(24)13-19(15)25-21(28)14-27-20-10-6-5-9-18(20)22(26-23(27)29)16-7-3-2-4-8-16/h2-13H,14H2,1H3,(H,25,28). The molecular formula is C23H18FN3O2. The van der Waals surface area contributed by atoms with Crippen molar-refractivity contribution in [1.82, 2.24) is 9.55 Å². The van der Waals surface area contributed by atoms with Gasteiger partial charge < -0.3 is 5.32 Å². The Balaban J connectivity index is 1.73. The van der Waals surface area contributed by atoms with Gasteiger partial charge in [-0.1, -0.05) is 54.6 Å². The van der Waals surface area contributed by atoms with Crippen molar-refractivity contribution < 1.29 is 9.18 Å². The van der Waals surface area contributed by atoms with E-state index in [9.17, 15) is 14.0 Å². The van der Waals surface area contributed by atoms with E-state index in [1.807, 2.05) is 48.5 Å². The number of hydrogen-bond acceptors (Lipinski definition) is 3. The zero-order valence-corrected chi connectivity index (χ0v) is 15.7. The van der Waals surface area contributed by atoms with E-state index < -0.39 is 17.4 Å². The number of carbonyl (C=O) groups is 1. The lowest BCUT2D eigenvalue weighted by Gasteiger charge is -2.13. The maximum absolute atomic E-state index is 13.5. The van der Waals surface area contributed by atoms with E-state index >= 15 is 0 Å². The Labute approximate surface area is 166 Å². The number of fused-ring (bicyclic) bond motifs is 1. The second-order valence-electron chi connectivity index (χ2n) is 6.72. The molecule has 1 amide bonds. The zero-order valence-electron chi connectivity index (χ0n) is 15.7. The third-order valence-corrected chi connectivity index (χ3v) is 4.71. The Morgan fingerprint density at radius 2 is 1.76 bits per heavy atom. The summed E-state index contributed by atoms with van der Waals surface area (Å²) < 4.78 is 14.8. The smallest absolute Gasteiger partial charge is 0.324 e. The maximum Gasteiger partial charge on any atom is 0.349 e. The van der Waals surface area contributed by atoms with Gasteiger partial charge >= 0.3 is 5.69 Å². The molecule has 0 saturated heterocycles. The molecule has 3 aromatic carbocycles. The van der Waals surface area contributed by atoms with Crippen LogP contribution in [0.4, 0.5) is 10.1 Å². The molecule has 0 aliphatic rings. The number of nitrogens with one attached hydrogen (secondary N) is 1. The molecule has 0 saturated carbocycles. The van der Waals surface area contributed by atoms with Crippen molar-refractivity contribution >= 4 is 22.5 Å². The van der Waals surface area contributed by atoms with Crippen LogP contribution in [-0.4, -0.2) is 15.5 Å². The van der Waals surface area contributed by atoms with Crippen LogP contribution in [0.15, 0.2) is 77.6 Å². The number of benzene rings is 3. The largest absolute Gasteiger partial charge is 0.349 e. The first-order valence-electron chi connectivity index (χ1n) is 9.14. The van der Waals surface area contributed by atoms with E-state index in [1.54, 1.807) is 19.1 Å². The number of halogens is 1. The van der Waals surface area contributed by atoms with Crippen LogP contribution in [0.3, 0.4) is 0 Å². The van der Waals surface area contributed by atoms with Crippen LogP contribution in [-0.2, 0) is 11.3 Å². The average molecular weight is 387 g/mol. The first kappa shape index (κ1) is 18.6. The summed E-state index contributed by atoms with van der Waals surface area (Å²) >= 11 is 0. The van der Waals surface area contributed by atoms with Gasteiger partial charge in [0.15, 0.2) is 0 Å². The van der Waals surface area contributed by atoms with Crippen molar-refractivity contribution in [3.05, 3.63) is 94.7 Å². The molecule has 0 aliphatic carbocycles. The van der Waals surface area contributed by atoms with Gasteiger partial charge in [0, 0.05) is 16.6 Å². The maximum atomic E-state index is 13.5. The molecule has 4 aromatic rings. The number of aromatic nitrogens is 2. The fourth-order valence-corrected chi connectivity index (χ4v) is 3.26. The molecule has 0 unspecified atom stereocenters. The second-order valence-corrected chi connectivity index (χ2v) is 6.72. The number of aryl methyl sites for hydroxylation is 1. The summed E-state index contributed by atoms with van der Waals surface area (Å²) in [6, 6.07) is 20.9. The van der Waals surface area contributed by atoms with Crippen LogP contribution in [0.1, 0.15) is 5.56 Å². The van der Waals surface area contributed by atoms with Gasteiger partial charge in [-0.3, -0.25) is 9.36 Å². The third-order valence-electron chi connectivity index (χ3n) is 4.71. The molecule has 0 spiro atoms. The quantitative estimate of drug-likeness (QED) is 0.572. The number of rotatable bonds is 4. The topological polar surface area (TPSA) is 64.0 Å². The molecule has 29 heavy (non-hydrogen) atoms. The Morgan fingerprint density at radius 3 is 2.55 bits per heavy atom. The highest BCUT2D eigenvalue weighted by Gasteiger charge is 2.14. The van der Waals surface area contributed by atoms with Crippen LogP contribution in [0.25, 0.3) is 22.2 Å². The van der Waals surface area contributed by atoms with E-state index in [4.69, 9.17) is 0 Å². The van der Waals surface area contributed by atoms with Crippen molar-refractivity contribution in [2.75, 3.05) is 5.32 Å². The number of hydrogen-bond donors (Lipinski definition) is 1. The highest BCUT2D eigenvalue weighted by molar-refractivity contribution is 5.95. The molecule has 1 N–H and O–H groups in total. The van der Waals surface area contributed by atoms with Crippen molar-refractivity contribution in [1.29, 1.82) is 0 Å². The van der Waals surface area contributed by atoms with Gasteiger partial charge in [0.1, 0.15) is 12.4 Å². The van der Waals surface area contributed by atoms with Crippen LogP contribution < -0.4 is 11.0 Å². The van der Waals surface area contributed by atoms with Crippen LogP contribution >= 0.6 is 0 Å². The summed E-state index contributed by atoms with van der Waals surface area (Å²) in [4.78, 5) is 29.6. The first-order chi connectivity index (χ1) is 14.0. The molecule has 0 radical (unpaired) electrons. The third kappa shape index (κ3) is 3.78. The van der Waals surface area contributed by atoms with E-state index in [1.165, 1.54) is 16.7 Å². The Bertz CT molecular complexity index is 1270. The van der Waals surface area contributed by atoms with E-state index in [2.05, 4.69) is 10.3 Å². The number of para-hydroxylation sites is 1. The van der Waals surface area contributed by atoms with Crippen molar-refractivity contribution in [3.63, 3.8) is 0 Å². The predicted octanol–water partition coefficient (Wildman–Crippen LogP) is 4.15. The van der Waals surface area contributed by atoms with Gasteiger partial charge in [-0.05, 0) is 30.7 Å². The lowest BCUT2D eigenvalue weighted by Crippen LogP contribution is -2.30. The SMILES string of the molecule is Cc1ccc(F)cc1NC(=O)Cn1c(=O)nc(-c2ccccc2)c2ccccc21. The van der Waals surface area contributed by atoms with Crippen molar-refractivity contribution in [2.24, 2.45) is 0 Å². The van der Waals surface area contributed by atoms with Crippen LogP contribution in [0.2, 0.25) is 0 Å². The molecule has 5 nitrogen and oxygen atoms in total. The molecule has 0 fully saturated rings. The van der Waals surface area contributed by atoms with Crippen molar-refractivity contribution in [3.8, 4) is 11.3 Å². The van der Waals surface area contributed by atoms with E-state index in [0.29, 0.717) is 16.9 Å². The Morgan fingerprint density at radius 1 is 1.03 bits per heavy atom. The molecule has 144 valence electrons. The molecular weight excluding hydrogens is 369 g/mol. The van der Waals surface area contributed by atoms with Gasteiger partial charge in [-0.15, -0.1) is 0 Å². The first-order valence-corrected chi connectivity index (χ1v) is 9.14. The summed E-state index contributed by atoms with van der Waals surface area (Å²) in [6.45, 7) is 1.55. The summed E-state index contributed by atoms with van der Waals surface area (Å²) in [5, 5.41) is 3.44. The molecule has 1 heterocycles. The van der Waals surface area contributed by atoms with Gasteiger partial charge in [-0.25, -0.2) is 9.18 Å². The summed E-state index contributed by atoms with van der Waals surface area (Å²) in [5.41, 5.74) is 2.60. The molecule has 0 bridgehead atoms. The number of nitrogens with zero attached hydrogens (tertiary/aromatic N) is 2. The summed E-state index contributed by atoms with van der Waals surface area (Å²) in [7, 11) is 0. The lowest BCUT2D eigenvalue weighted by atomic mass is 10.1. The van der Waals surface area contributed by atoms with Crippen LogP contribution in [0.5, 0.6) is 0 Å². The highest BCUT2D eigenvalue weighted by Crippen LogP contribution is 2.25. The zero-order chi connectivity index (χ0) is 20.4. The number of anilines is 1. The van der Waals surface area contributed by atoms with Gasteiger partial charge in [0.25, 0.3) is 0 Å². The van der Waals surface area contributed by atoms with Gasteiger partial charge in [0.05, 0.1) is 11.2 Å². The van der Waals surface area contributed by atoms with Gasteiger partial charge in [-0.2, -0.15) is 4.98 Å². The summed E-state index contributed by atoms with van der Waals surface area (Å²) in [5.74, 6) is -0.873. The fourth-order valence-electron chi connectivity index (χ4n) is 3.26. The molecule has 0 aliphatic heterocycles. The van der Waals surface area contributed by atoms with Gasteiger partial charge in [0.2, 0.25) is 5.91 Å². The molecule has 1 aromatic heterocycles. The highest BCUT2D eigenvalue weighted by atomic mass is 19.1. The van der Waals surface area contributed by atoms with E-state index in [-0.39, 0.29) is 6.54 Å². The Hall–Kier alpha value is -3.80. The average Bonchev–Trinajstić information content (AvgIpc) is 2.73. The molecule has 4 rings (SSSR count). The predicted molar refractivity (Wildman–Crippen MR) is 111 cm³/mol. The molecule has 0 atom stereocenters. The monoisotopic (exact) mass is 387 g/mol. The normalized spacial score (nSPS) is 10.8. The lowest BCUT2D eigenvalue weighted by molar-refractivity contribution is -0.116. The molecule has 6 heteroatoms.